The first-order valence-electron chi connectivity index (χ1n) is 9.40. The lowest BCUT2D eigenvalue weighted by molar-refractivity contribution is -0.128. The lowest BCUT2D eigenvalue weighted by Gasteiger charge is -2.25. The molecule has 28 heavy (non-hydrogen) atoms. The van der Waals surface area contributed by atoms with Crippen molar-refractivity contribution in [2.24, 2.45) is 0 Å². The van der Waals surface area contributed by atoms with Crippen LogP contribution in [0.5, 0.6) is 0 Å². The maximum absolute atomic E-state index is 14.5. The number of rotatable bonds is 7. The predicted octanol–water partition coefficient (Wildman–Crippen LogP) is 2.86. The largest absolute Gasteiger partial charge is 0.341 e. The van der Waals surface area contributed by atoms with Crippen molar-refractivity contribution in [2.75, 3.05) is 13.1 Å². The van der Waals surface area contributed by atoms with Gasteiger partial charge in [-0.3, -0.25) is 4.79 Å². The molecular weight excluding hydrogens is 357 g/mol. The monoisotopic (exact) mass is 379 g/mol. The van der Waals surface area contributed by atoms with Gasteiger partial charge in [0.15, 0.2) is 0 Å². The first-order chi connectivity index (χ1) is 13.7. The van der Waals surface area contributed by atoms with Gasteiger partial charge in [0.25, 0.3) is 0 Å². The highest BCUT2D eigenvalue weighted by molar-refractivity contribution is 5.78. The SMILES string of the molecule is O=C1CCCN1C[C@H](NCc1ccc(-n2cncn2)c(F)c1)c1ccccc1. The van der Waals surface area contributed by atoms with Crippen molar-refractivity contribution in [1.29, 1.82) is 0 Å². The Balaban J connectivity index is 1.48. The molecule has 3 aromatic rings. The van der Waals surface area contributed by atoms with E-state index in [9.17, 15) is 9.18 Å². The van der Waals surface area contributed by atoms with E-state index < -0.39 is 0 Å². The predicted molar refractivity (Wildman–Crippen MR) is 103 cm³/mol. The maximum Gasteiger partial charge on any atom is 0.222 e. The zero-order chi connectivity index (χ0) is 19.3. The van der Waals surface area contributed by atoms with Gasteiger partial charge in [0.2, 0.25) is 5.91 Å². The second-order valence-electron chi connectivity index (χ2n) is 6.91. The van der Waals surface area contributed by atoms with E-state index in [0.717, 1.165) is 24.1 Å². The summed E-state index contributed by atoms with van der Waals surface area (Å²) >= 11 is 0. The normalized spacial score (nSPS) is 15.2. The topological polar surface area (TPSA) is 63.1 Å². The number of hydrogen-bond donors (Lipinski definition) is 1. The Bertz CT molecular complexity index is 929. The third-order valence-electron chi connectivity index (χ3n) is 5.01. The Morgan fingerprint density at radius 2 is 2.04 bits per heavy atom. The fourth-order valence-corrected chi connectivity index (χ4v) is 3.51. The summed E-state index contributed by atoms with van der Waals surface area (Å²) < 4.78 is 15.9. The highest BCUT2D eigenvalue weighted by Gasteiger charge is 2.24. The van der Waals surface area contributed by atoms with Crippen LogP contribution < -0.4 is 5.32 Å². The van der Waals surface area contributed by atoms with Crippen LogP contribution in [0.15, 0.2) is 61.2 Å². The highest BCUT2D eigenvalue weighted by Crippen LogP contribution is 2.20. The molecule has 1 N–H and O–H groups in total. The van der Waals surface area contributed by atoms with E-state index in [2.05, 4.69) is 15.4 Å². The maximum atomic E-state index is 14.5. The van der Waals surface area contributed by atoms with E-state index in [0.29, 0.717) is 25.2 Å². The number of benzene rings is 2. The van der Waals surface area contributed by atoms with Crippen molar-refractivity contribution in [3.05, 3.63) is 78.1 Å². The van der Waals surface area contributed by atoms with Gasteiger partial charge >= 0.3 is 0 Å². The summed E-state index contributed by atoms with van der Waals surface area (Å²) in [5.74, 6) is -0.151. The molecule has 1 aliphatic heterocycles. The van der Waals surface area contributed by atoms with Crippen LogP contribution in [0.3, 0.4) is 0 Å². The second kappa shape index (κ2) is 8.31. The van der Waals surface area contributed by atoms with Gasteiger partial charge in [-0.15, -0.1) is 0 Å². The fraction of sp³-hybridized carbons (Fsp3) is 0.286. The number of hydrogen-bond acceptors (Lipinski definition) is 4. The third-order valence-corrected chi connectivity index (χ3v) is 5.01. The molecule has 2 heterocycles. The molecule has 144 valence electrons. The molecule has 1 aliphatic rings. The number of likely N-dealkylation sites (tertiary alicyclic amines) is 1. The molecule has 0 aliphatic carbocycles. The Morgan fingerprint density at radius 3 is 2.71 bits per heavy atom. The van der Waals surface area contributed by atoms with E-state index in [-0.39, 0.29) is 17.8 Å². The van der Waals surface area contributed by atoms with Crippen LogP contribution in [0.4, 0.5) is 4.39 Å². The molecule has 1 atom stereocenters. The Morgan fingerprint density at radius 1 is 1.18 bits per heavy atom. The molecule has 0 radical (unpaired) electrons. The van der Waals surface area contributed by atoms with Gasteiger partial charge < -0.3 is 10.2 Å². The molecule has 1 saturated heterocycles. The minimum Gasteiger partial charge on any atom is -0.341 e. The number of carbonyl (C=O) groups is 1. The minimum atomic E-state index is -0.351. The van der Waals surface area contributed by atoms with Gasteiger partial charge in [-0.1, -0.05) is 36.4 Å². The van der Waals surface area contributed by atoms with Crippen LogP contribution in [0.1, 0.15) is 30.0 Å². The van der Waals surface area contributed by atoms with E-state index in [1.807, 2.05) is 41.3 Å². The first-order valence-corrected chi connectivity index (χ1v) is 9.40. The standard InChI is InChI=1S/C21H22FN5O/c22-18-11-16(8-9-20(18)27-15-23-14-25-27)12-24-19(17-5-2-1-3-6-17)13-26-10-4-7-21(26)28/h1-3,5-6,8-9,11,14-15,19,24H,4,7,10,12-13H2/t19-/m0/s1. The van der Waals surface area contributed by atoms with Crippen molar-refractivity contribution < 1.29 is 9.18 Å². The van der Waals surface area contributed by atoms with Crippen molar-refractivity contribution in [3.63, 3.8) is 0 Å². The molecule has 4 rings (SSSR count). The van der Waals surface area contributed by atoms with Crippen LogP contribution in [-0.4, -0.2) is 38.7 Å². The van der Waals surface area contributed by atoms with Gasteiger partial charge in [0, 0.05) is 26.1 Å². The molecule has 7 heteroatoms. The van der Waals surface area contributed by atoms with Gasteiger partial charge in [-0.25, -0.2) is 14.1 Å². The van der Waals surface area contributed by atoms with E-state index in [1.165, 1.54) is 23.4 Å². The van der Waals surface area contributed by atoms with Gasteiger partial charge in [0.1, 0.15) is 24.2 Å². The summed E-state index contributed by atoms with van der Waals surface area (Å²) in [7, 11) is 0. The Kier molecular flexibility index (Phi) is 5.43. The summed E-state index contributed by atoms with van der Waals surface area (Å²) in [6, 6.07) is 15.1. The molecule has 2 aromatic carbocycles. The number of aromatic nitrogens is 3. The Hall–Kier alpha value is -3.06. The van der Waals surface area contributed by atoms with E-state index >= 15 is 0 Å². The number of carbonyl (C=O) groups excluding carboxylic acids is 1. The smallest absolute Gasteiger partial charge is 0.222 e. The fourth-order valence-electron chi connectivity index (χ4n) is 3.51. The summed E-state index contributed by atoms with van der Waals surface area (Å²) in [4.78, 5) is 17.8. The molecule has 0 spiro atoms. The summed E-state index contributed by atoms with van der Waals surface area (Å²) in [5.41, 5.74) is 2.31. The molecule has 1 fully saturated rings. The van der Waals surface area contributed by atoms with Gasteiger partial charge in [-0.05, 0) is 29.7 Å². The van der Waals surface area contributed by atoms with Crippen molar-refractivity contribution >= 4 is 5.91 Å². The van der Waals surface area contributed by atoms with Crippen molar-refractivity contribution in [2.45, 2.75) is 25.4 Å². The number of nitrogens with zero attached hydrogens (tertiary/aromatic N) is 4. The number of amides is 1. The first kappa shape index (κ1) is 18.3. The van der Waals surface area contributed by atoms with Gasteiger partial charge in [0.05, 0.1) is 6.04 Å². The van der Waals surface area contributed by atoms with Gasteiger partial charge in [-0.2, -0.15) is 5.10 Å². The minimum absolute atomic E-state index is 0.0127. The quantitative estimate of drug-likeness (QED) is 0.686. The van der Waals surface area contributed by atoms with Crippen LogP contribution in [0, 0.1) is 5.82 Å². The molecule has 0 bridgehead atoms. The van der Waals surface area contributed by atoms with E-state index in [4.69, 9.17) is 0 Å². The van der Waals surface area contributed by atoms with Crippen LogP contribution in [0.25, 0.3) is 5.69 Å². The summed E-state index contributed by atoms with van der Waals surface area (Å²) in [5, 5.41) is 7.45. The molecule has 6 nitrogen and oxygen atoms in total. The second-order valence-corrected chi connectivity index (χ2v) is 6.91. The third kappa shape index (κ3) is 4.09. The molecule has 0 unspecified atom stereocenters. The molecule has 1 amide bonds. The number of nitrogens with one attached hydrogen (secondary N) is 1. The van der Waals surface area contributed by atoms with Crippen molar-refractivity contribution in [3.8, 4) is 5.69 Å². The lowest BCUT2D eigenvalue weighted by atomic mass is 10.1. The zero-order valence-corrected chi connectivity index (χ0v) is 15.5. The van der Waals surface area contributed by atoms with Crippen LogP contribution in [-0.2, 0) is 11.3 Å². The van der Waals surface area contributed by atoms with E-state index in [1.54, 1.807) is 6.07 Å². The lowest BCUT2D eigenvalue weighted by Crippen LogP contribution is -2.35. The average Bonchev–Trinajstić information content (AvgIpc) is 3.38. The highest BCUT2D eigenvalue weighted by atomic mass is 19.1. The number of halogens is 1. The van der Waals surface area contributed by atoms with Crippen molar-refractivity contribution in [1.82, 2.24) is 25.0 Å². The molecule has 0 saturated carbocycles. The average molecular weight is 379 g/mol. The zero-order valence-electron chi connectivity index (χ0n) is 15.5. The van der Waals surface area contributed by atoms with Crippen LogP contribution in [0.2, 0.25) is 0 Å². The molecular formula is C21H22FN5O. The summed E-state index contributed by atoms with van der Waals surface area (Å²) in [6.07, 6.45) is 4.37. The Labute approximate surface area is 163 Å². The summed E-state index contributed by atoms with van der Waals surface area (Å²) in [6.45, 7) is 1.91. The molecule has 1 aromatic heterocycles. The van der Waals surface area contributed by atoms with Crippen LogP contribution >= 0.6 is 0 Å².